The summed E-state index contributed by atoms with van der Waals surface area (Å²) in [6.07, 6.45) is 0. The number of carbonyl (C=O) groups excluding carboxylic acids is 2. The fourth-order valence-electron chi connectivity index (χ4n) is 2.27. The summed E-state index contributed by atoms with van der Waals surface area (Å²) in [5.74, 6) is -0.508. The van der Waals surface area contributed by atoms with Crippen molar-refractivity contribution in [3.05, 3.63) is 63.6 Å². The van der Waals surface area contributed by atoms with Crippen LogP contribution in [0.5, 0.6) is 0 Å². The van der Waals surface area contributed by atoms with Crippen LogP contribution in [0.4, 0.5) is 5.69 Å². The lowest BCUT2D eigenvalue weighted by Gasteiger charge is -2.21. The molecule has 4 nitrogen and oxygen atoms in total. The van der Waals surface area contributed by atoms with Crippen LogP contribution in [0.25, 0.3) is 0 Å². The predicted octanol–water partition coefficient (Wildman–Crippen LogP) is 4.29. The topological polar surface area (TPSA) is 49.4 Å². The minimum absolute atomic E-state index is 0.0634. The van der Waals surface area contributed by atoms with Crippen LogP contribution in [0, 0.1) is 6.92 Å². The summed E-state index contributed by atoms with van der Waals surface area (Å²) in [5.41, 5.74) is 2.50. The molecule has 0 heterocycles. The molecule has 0 spiro atoms. The van der Waals surface area contributed by atoms with E-state index < -0.39 is 0 Å². The van der Waals surface area contributed by atoms with Gasteiger partial charge in [0.05, 0.1) is 15.7 Å². The lowest BCUT2D eigenvalue weighted by atomic mass is 10.1. The highest BCUT2D eigenvalue weighted by Gasteiger charge is 2.15. The summed E-state index contributed by atoms with van der Waals surface area (Å²) in [4.78, 5) is 25.6. The highest BCUT2D eigenvalue weighted by molar-refractivity contribution is 6.44. The monoisotopic (exact) mass is 364 g/mol. The number of nitrogens with one attached hydrogen (secondary N) is 1. The quantitative estimate of drug-likeness (QED) is 0.859. The van der Waals surface area contributed by atoms with E-state index in [4.69, 9.17) is 23.2 Å². The van der Waals surface area contributed by atoms with E-state index in [-0.39, 0.29) is 23.4 Å². The van der Waals surface area contributed by atoms with Crippen molar-refractivity contribution >= 4 is 40.7 Å². The van der Waals surface area contributed by atoms with Crippen LogP contribution in [0.3, 0.4) is 0 Å². The van der Waals surface area contributed by atoms with Crippen molar-refractivity contribution in [3.63, 3.8) is 0 Å². The first-order valence-electron chi connectivity index (χ1n) is 7.41. The van der Waals surface area contributed by atoms with Gasteiger partial charge in [0.25, 0.3) is 0 Å². The molecule has 0 aliphatic rings. The Hall–Kier alpha value is -2.04. The van der Waals surface area contributed by atoms with Crippen molar-refractivity contribution in [1.29, 1.82) is 0 Å². The average Bonchev–Trinajstić information content (AvgIpc) is 2.51. The minimum atomic E-state index is -0.331. The molecular formula is C18H18Cl2N2O2. The van der Waals surface area contributed by atoms with Gasteiger partial charge < -0.3 is 10.2 Å². The molecule has 0 bridgehead atoms. The Morgan fingerprint density at radius 3 is 2.50 bits per heavy atom. The van der Waals surface area contributed by atoms with E-state index >= 15 is 0 Å². The fourth-order valence-corrected chi connectivity index (χ4v) is 2.62. The molecule has 0 radical (unpaired) electrons. The van der Waals surface area contributed by atoms with Gasteiger partial charge in [0, 0.05) is 13.5 Å². The highest BCUT2D eigenvalue weighted by Crippen LogP contribution is 2.29. The molecule has 24 heavy (non-hydrogen) atoms. The van der Waals surface area contributed by atoms with Crippen LogP contribution in [0.1, 0.15) is 18.1 Å². The summed E-state index contributed by atoms with van der Waals surface area (Å²) >= 11 is 12.0. The third kappa shape index (κ3) is 4.98. The van der Waals surface area contributed by atoms with Gasteiger partial charge in [-0.15, -0.1) is 0 Å². The maximum Gasteiger partial charge on any atom is 0.244 e. The number of halogens is 2. The van der Waals surface area contributed by atoms with Crippen LogP contribution in [0.15, 0.2) is 42.5 Å². The molecule has 2 aromatic rings. The first-order chi connectivity index (χ1) is 11.4. The first-order valence-corrected chi connectivity index (χ1v) is 8.17. The van der Waals surface area contributed by atoms with E-state index in [2.05, 4.69) is 5.32 Å². The Kier molecular flexibility index (Phi) is 6.23. The van der Waals surface area contributed by atoms with Crippen LogP contribution in [0.2, 0.25) is 10.0 Å². The Morgan fingerprint density at radius 2 is 1.83 bits per heavy atom. The Labute approximate surface area is 151 Å². The second kappa shape index (κ2) is 8.18. The molecule has 2 rings (SSSR count). The number of amides is 2. The van der Waals surface area contributed by atoms with E-state index in [1.807, 2.05) is 31.2 Å². The zero-order chi connectivity index (χ0) is 17.7. The molecule has 0 saturated carbocycles. The van der Waals surface area contributed by atoms with Crippen LogP contribution in [-0.4, -0.2) is 23.3 Å². The summed E-state index contributed by atoms with van der Waals surface area (Å²) in [6, 6.07) is 12.8. The number of carbonyl (C=O) groups is 2. The second-order valence-corrected chi connectivity index (χ2v) is 6.30. The van der Waals surface area contributed by atoms with E-state index in [0.717, 1.165) is 11.1 Å². The molecule has 6 heteroatoms. The van der Waals surface area contributed by atoms with E-state index in [1.165, 1.54) is 11.8 Å². The van der Waals surface area contributed by atoms with E-state index in [9.17, 15) is 9.59 Å². The maximum absolute atomic E-state index is 12.2. The molecule has 126 valence electrons. The number of anilines is 1. The molecule has 2 aromatic carbocycles. The van der Waals surface area contributed by atoms with Crippen molar-refractivity contribution in [2.45, 2.75) is 20.4 Å². The van der Waals surface area contributed by atoms with Crippen molar-refractivity contribution in [2.75, 3.05) is 11.9 Å². The summed E-state index contributed by atoms with van der Waals surface area (Å²) in [6.45, 7) is 3.73. The number of rotatable bonds is 5. The SMILES string of the molecule is CC(=O)N(CC(=O)Nc1cccc(Cl)c1Cl)Cc1cccc(C)c1. The molecule has 0 aliphatic carbocycles. The number of hydrogen-bond acceptors (Lipinski definition) is 2. The zero-order valence-corrected chi connectivity index (χ0v) is 15.0. The zero-order valence-electron chi connectivity index (χ0n) is 13.5. The van der Waals surface area contributed by atoms with Crippen molar-refractivity contribution in [1.82, 2.24) is 4.90 Å². The molecule has 0 saturated heterocycles. The maximum atomic E-state index is 12.2. The van der Waals surface area contributed by atoms with Gasteiger partial charge in [0.2, 0.25) is 11.8 Å². The lowest BCUT2D eigenvalue weighted by molar-refractivity contribution is -0.133. The summed E-state index contributed by atoms with van der Waals surface area (Å²) < 4.78 is 0. The van der Waals surface area contributed by atoms with Crippen molar-refractivity contribution < 1.29 is 9.59 Å². The third-order valence-electron chi connectivity index (χ3n) is 3.46. The lowest BCUT2D eigenvalue weighted by Crippen LogP contribution is -2.36. The second-order valence-electron chi connectivity index (χ2n) is 5.51. The Balaban J connectivity index is 2.06. The molecule has 0 unspecified atom stereocenters. The standard InChI is InChI=1S/C18H18Cl2N2O2/c1-12-5-3-6-14(9-12)10-22(13(2)23)11-17(24)21-16-8-4-7-15(19)18(16)20/h3-9H,10-11H2,1-2H3,(H,21,24). The predicted molar refractivity (Wildman–Crippen MR) is 97.4 cm³/mol. The normalized spacial score (nSPS) is 10.3. The van der Waals surface area contributed by atoms with Crippen molar-refractivity contribution in [2.24, 2.45) is 0 Å². The van der Waals surface area contributed by atoms with E-state index in [1.54, 1.807) is 18.2 Å². The Bertz CT molecular complexity index is 762. The van der Waals surface area contributed by atoms with Crippen LogP contribution < -0.4 is 5.32 Å². The highest BCUT2D eigenvalue weighted by atomic mass is 35.5. The molecule has 0 aliphatic heterocycles. The summed E-state index contributed by atoms with van der Waals surface area (Å²) in [7, 11) is 0. The molecular weight excluding hydrogens is 347 g/mol. The molecule has 0 aromatic heterocycles. The largest absolute Gasteiger partial charge is 0.329 e. The number of benzene rings is 2. The molecule has 1 N–H and O–H groups in total. The van der Waals surface area contributed by atoms with Gasteiger partial charge in [-0.1, -0.05) is 59.1 Å². The molecule has 0 atom stereocenters. The smallest absolute Gasteiger partial charge is 0.244 e. The van der Waals surface area contributed by atoms with Gasteiger partial charge in [-0.3, -0.25) is 9.59 Å². The number of hydrogen-bond donors (Lipinski definition) is 1. The van der Waals surface area contributed by atoms with Gasteiger partial charge >= 0.3 is 0 Å². The third-order valence-corrected chi connectivity index (χ3v) is 4.28. The van der Waals surface area contributed by atoms with Gasteiger partial charge in [-0.2, -0.15) is 0 Å². The van der Waals surface area contributed by atoms with Crippen LogP contribution >= 0.6 is 23.2 Å². The number of aryl methyl sites for hydroxylation is 1. The van der Waals surface area contributed by atoms with Gasteiger partial charge in [-0.05, 0) is 24.6 Å². The summed E-state index contributed by atoms with van der Waals surface area (Å²) in [5, 5.41) is 3.32. The molecule has 0 fully saturated rings. The fraction of sp³-hybridized carbons (Fsp3) is 0.222. The molecule has 2 amide bonds. The van der Waals surface area contributed by atoms with Gasteiger partial charge in [-0.25, -0.2) is 0 Å². The first kappa shape index (κ1) is 18.3. The van der Waals surface area contributed by atoms with E-state index in [0.29, 0.717) is 17.3 Å². The average molecular weight is 365 g/mol. The van der Waals surface area contributed by atoms with Crippen molar-refractivity contribution in [3.8, 4) is 0 Å². The Morgan fingerprint density at radius 1 is 1.12 bits per heavy atom. The number of nitrogens with zero attached hydrogens (tertiary/aromatic N) is 1. The van der Waals surface area contributed by atoms with Gasteiger partial charge in [0.1, 0.15) is 6.54 Å². The van der Waals surface area contributed by atoms with Gasteiger partial charge in [0.15, 0.2) is 0 Å². The van der Waals surface area contributed by atoms with Crippen LogP contribution in [-0.2, 0) is 16.1 Å². The minimum Gasteiger partial charge on any atom is -0.329 e.